The van der Waals surface area contributed by atoms with E-state index in [1.54, 1.807) is 36.9 Å². The third kappa shape index (κ3) is 3.80. The summed E-state index contributed by atoms with van der Waals surface area (Å²) in [5.74, 6) is -0.500. The number of amides is 1. The molecule has 0 saturated heterocycles. The second-order valence-electron chi connectivity index (χ2n) is 7.40. The molecule has 1 fully saturated rings. The van der Waals surface area contributed by atoms with Gasteiger partial charge >= 0.3 is 0 Å². The molecule has 6 heteroatoms. The zero-order chi connectivity index (χ0) is 18.7. The molecule has 3 rings (SSSR count). The number of aliphatic hydroxyl groups is 1. The molecule has 1 aliphatic carbocycles. The van der Waals surface area contributed by atoms with Crippen molar-refractivity contribution in [3.63, 3.8) is 0 Å². The number of aliphatic hydroxyl groups excluding tert-OH is 1. The third-order valence-electron chi connectivity index (χ3n) is 5.44. The van der Waals surface area contributed by atoms with Crippen molar-refractivity contribution in [2.45, 2.75) is 39.0 Å². The molecule has 1 aliphatic rings. The number of nitrogens with one attached hydrogen (secondary N) is 1. The number of nitrogens with zero attached hydrogens (tertiary/aromatic N) is 2. The molecule has 0 aliphatic heterocycles. The van der Waals surface area contributed by atoms with Gasteiger partial charge in [0.15, 0.2) is 5.69 Å². The summed E-state index contributed by atoms with van der Waals surface area (Å²) >= 11 is 0. The molecule has 0 atom stereocenters. The Morgan fingerprint density at radius 2 is 2.04 bits per heavy atom. The number of hydrogen-bond donors (Lipinski definition) is 2. The van der Waals surface area contributed by atoms with Crippen LogP contribution >= 0.6 is 0 Å². The highest BCUT2D eigenvalue weighted by atomic mass is 19.1. The van der Waals surface area contributed by atoms with Crippen LogP contribution in [0.1, 0.15) is 48.2 Å². The van der Waals surface area contributed by atoms with Crippen LogP contribution in [0.15, 0.2) is 24.3 Å². The molecule has 1 aromatic heterocycles. The van der Waals surface area contributed by atoms with Gasteiger partial charge in [0.1, 0.15) is 5.82 Å². The van der Waals surface area contributed by atoms with Crippen molar-refractivity contribution in [3.8, 4) is 11.3 Å². The van der Waals surface area contributed by atoms with Crippen molar-refractivity contribution in [2.75, 3.05) is 13.2 Å². The summed E-state index contributed by atoms with van der Waals surface area (Å²) < 4.78 is 15.1. The number of rotatable bonds is 5. The van der Waals surface area contributed by atoms with E-state index in [4.69, 9.17) is 0 Å². The molecule has 1 amide bonds. The van der Waals surface area contributed by atoms with Crippen molar-refractivity contribution < 1.29 is 14.3 Å². The van der Waals surface area contributed by atoms with E-state index in [-0.39, 0.29) is 23.7 Å². The first-order chi connectivity index (χ1) is 12.4. The predicted molar refractivity (Wildman–Crippen MR) is 98.3 cm³/mol. The van der Waals surface area contributed by atoms with Gasteiger partial charge in [-0.1, -0.05) is 19.3 Å². The van der Waals surface area contributed by atoms with E-state index >= 15 is 0 Å². The lowest BCUT2D eigenvalue weighted by molar-refractivity contribution is 0.0715. The fraction of sp³-hybridized carbons (Fsp3) is 0.500. The number of aryl methyl sites for hydroxylation is 2. The topological polar surface area (TPSA) is 67.2 Å². The summed E-state index contributed by atoms with van der Waals surface area (Å²) in [5, 5.41) is 17.0. The number of carbonyl (C=O) groups excluding carboxylic acids is 1. The van der Waals surface area contributed by atoms with Gasteiger partial charge < -0.3 is 10.4 Å². The molecule has 1 saturated carbocycles. The van der Waals surface area contributed by atoms with Gasteiger partial charge in [-0.05, 0) is 49.6 Å². The molecular formula is C20H26FN3O2. The number of halogens is 1. The summed E-state index contributed by atoms with van der Waals surface area (Å²) in [7, 11) is 1.77. The first-order valence-corrected chi connectivity index (χ1v) is 9.14. The summed E-state index contributed by atoms with van der Waals surface area (Å²) in [6.07, 6.45) is 5.25. The first kappa shape index (κ1) is 18.6. The van der Waals surface area contributed by atoms with Crippen LogP contribution < -0.4 is 5.32 Å². The zero-order valence-electron chi connectivity index (χ0n) is 15.4. The quantitative estimate of drug-likeness (QED) is 0.861. The van der Waals surface area contributed by atoms with Gasteiger partial charge in [-0.15, -0.1) is 0 Å². The van der Waals surface area contributed by atoms with Gasteiger partial charge in [0.25, 0.3) is 5.91 Å². The van der Waals surface area contributed by atoms with Crippen LogP contribution in [0.2, 0.25) is 0 Å². The third-order valence-corrected chi connectivity index (χ3v) is 5.44. The Balaban J connectivity index is 1.73. The molecule has 0 radical (unpaired) electrons. The van der Waals surface area contributed by atoms with Gasteiger partial charge in [-0.3, -0.25) is 9.48 Å². The predicted octanol–water partition coefficient (Wildman–Crippen LogP) is 3.21. The molecule has 0 bridgehead atoms. The van der Waals surface area contributed by atoms with Crippen molar-refractivity contribution in [1.82, 2.24) is 15.1 Å². The Hall–Kier alpha value is -2.21. The average molecular weight is 359 g/mol. The van der Waals surface area contributed by atoms with Crippen LogP contribution in [0.25, 0.3) is 11.3 Å². The largest absolute Gasteiger partial charge is 0.396 e. The van der Waals surface area contributed by atoms with Crippen LogP contribution in [0, 0.1) is 18.2 Å². The lowest BCUT2D eigenvalue weighted by atomic mass is 9.74. The lowest BCUT2D eigenvalue weighted by Crippen LogP contribution is -2.41. The van der Waals surface area contributed by atoms with Crippen molar-refractivity contribution in [2.24, 2.45) is 12.5 Å². The Morgan fingerprint density at radius 3 is 2.69 bits per heavy atom. The Bertz CT molecular complexity index is 794. The van der Waals surface area contributed by atoms with E-state index in [9.17, 15) is 14.3 Å². The normalized spacial score (nSPS) is 16.5. The van der Waals surface area contributed by atoms with Crippen molar-refractivity contribution in [1.29, 1.82) is 0 Å². The lowest BCUT2D eigenvalue weighted by Gasteiger charge is -2.35. The van der Waals surface area contributed by atoms with Gasteiger partial charge in [0, 0.05) is 24.6 Å². The molecule has 0 spiro atoms. The van der Waals surface area contributed by atoms with Gasteiger partial charge in [0.05, 0.1) is 12.3 Å². The van der Waals surface area contributed by atoms with E-state index in [2.05, 4.69) is 10.4 Å². The van der Waals surface area contributed by atoms with Gasteiger partial charge in [-0.2, -0.15) is 5.10 Å². The zero-order valence-corrected chi connectivity index (χ0v) is 15.4. The maximum absolute atomic E-state index is 13.5. The molecule has 2 aromatic rings. The molecule has 26 heavy (non-hydrogen) atoms. The Morgan fingerprint density at radius 1 is 1.31 bits per heavy atom. The fourth-order valence-electron chi connectivity index (χ4n) is 3.70. The molecular weight excluding hydrogens is 333 g/mol. The van der Waals surface area contributed by atoms with Crippen LogP contribution in [-0.4, -0.2) is 33.9 Å². The molecule has 1 heterocycles. The van der Waals surface area contributed by atoms with Gasteiger partial charge in [0.2, 0.25) is 0 Å². The van der Waals surface area contributed by atoms with Crippen LogP contribution in [0.4, 0.5) is 4.39 Å². The molecule has 2 N–H and O–H groups in total. The van der Waals surface area contributed by atoms with E-state index in [0.29, 0.717) is 17.8 Å². The highest BCUT2D eigenvalue weighted by molar-refractivity contribution is 5.93. The van der Waals surface area contributed by atoms with Crippen LogP contribution in [0.5, 0.6) is 0 Å². The first-order valence-electron chi connectivity index (χ1n) is 9.14. The maximum Gasteiger partial charge on any atom is 0.271 e. The molecule has 0 unspecified atom stereocenters. The Kier molecular flexibility index (Phi) is 5.41. The summed E-state index contributed by atoms with van der Waals surface area (Å²) in [4.78, 5) is 12.5. The second kappa shape index (κ2) is 7.58. The monoisotopic (exact) mass is 359 g/mol. The Labute approximate surface area is 153 Å². The minimum absolute atomic E-state index is 0.0929. The maximum atomic E-state index is 13.5. The molecule has 140 valence electrons. The van der Waals surface area contributed by atoms with Gasteiger partial charge in [-0.25, -0.2) is 4.39 Å². The van der Waals surface area contributed by atoms with E-state index in [0.717, 1.165) is 36.9 Å². The second-order valence-corrected chi connectivity index (χ2v) is 7.40. The summed E-state index contributed by atoms with van der Waals surface area (Å²) in [5.41, 5.74) is 2.25. The van der Waals surface area contributed by atoms with E-state index in [1.165, 1.54) is 12.5 Å². The van der Waals surface area contributed by atoms with E-state index in [1.807, 2.05) is 0 Å². The minimum Gasteiger partial charge on any atom is -0.396 e. The number of carbonyl (C=O) groups is 1. The SMILES string of the molecule is Cc1cc(-c2cc(C(=O)NCC3(CO)CCCCC3)nn2C)ccc1F. The summed E-state index contributed by atoms with van der Waals surface area (Å²) in [6, 6.07) is 6.57. The smallest absolute Gasteiger partial charge is 0.271 e. The van der Waals surface area contributed by atoms with E-state index < -0.39 is 0 Å². The standard InChI is InChI=1S/C20H26FN3O2/c1-14-10-15(6-7-16(14)21)18-11-17(23-24(18)2)19(26)22-12-20(13-25)8-4-3-5-9-20/h6-7,10-11,25H,3-5,8-9,12-13H2,1-2H3,(H,22,26). The fourth-order valence-corrected chi connectivity index (χ4v) is 3.70. The average Bonchev–Trinajstić information content (AvgIpc) is 3.04. The highest BCUT2D eigenvalue weighted by Gasteiger charge is 2.32. The number of aromatic nitrogens is 2. The molecule has 1 aromatic carbocycles. The van der Waals surface area contributed by atoms with Crippen LogP contribution in [0.3, 0.4) is 0 Å². The highest BCUT2D eigenvalue weighted by Crippen LogP contribution is 2.35. The number of hydrogen-bond acceptors (Lipinski definition) is 3. The van der Waals surface area contributed by atoms with Crippen molar-refractivity contribution in [3.05, 3.63) is 41.3 Å². The van der Waals surface area contributed by atoms with Crippen LogP contribution in [-0.2, 0) is 7.05 Å². The number of benzene rings is 1. The summed E-state index contributed by atoms with van der Waals surface area (Å²) in [6.45, 7) is 2.26. The minimum atomic E-state index is -0.254. The molecule has 5 nitrogen and oxygen atoms in total. The van der Waals surface area contributed by atoms with Crippen molar-refractivity contribution >= 4 is 5.91 Å².